The first kappa shape index (κ1) is 25.0. The summed E-state index contributed by atoms with van der Waals surface area (Å²) < 4.78 is 12.7. The smallest absolute Gasteiger partial charge is 0.258 e. The van der Waals surface area contributed by atoms with E-state index in [0.717, 1.165) is 39.0 Å². The zero-order chi connectivity index (χ0) is 27.0. The van der Waals surface area contributed by atoms with E-state index in [1.807, 2.05) is 58.0 Å². The normalized spacial score (nSPS) is 11.1. The van der Waals surface area contributed by atoms with Crippen LogP contribution >= 0.6 is 0 Å². The van der Waals surface area contributed by atoms with Gasteiger partial charge in [0.2, 0.25) is 0 Å². The second kappa shape index (κ2) is 9.97. The largest absolute Gasteiger partial charge is 0.489 e. The van der Waals surface area contributed by atoms with Crippen molar-refractivity contribution in [3.8, 4) is 16.9 Å². The summed E-state index contributed by atoms with van der Waals surface area (Å²) in [6, 6.07) is 16.3. The number of rotatable bonds is 6. The first-order valence-electron chi connectivity index (χ1n) is 12.2. The molecule has 3 aromatic heterocycles. The third-order valence-corrected chi connectivity index (χ3v) is 6.69. The monoisotopic (exact) mass is 508 g/mol. The predicted molar refractivity (Wildman–Crippen MR) is 147 cm³/mol. The molecule has 8 nitrogen and oxygen atoms in total. The Balaban J connectivity index is 1.40. The van der Waals surface area contributed by atoms with Crippen LogP contribution in [0.25, 0.3) is 22.0 Å². The summed E-state index contributed by atoms with van der Waals surface area (Å²) in [6.07, 6.45) is 1.77. The van der Waals surface area contributed by atoms with Crippen molar-refractivity contribution < 1.29 is 14.1 Å². The van der Waals surface area contributed by atoms with Gasteiger partial charge in [0, 0.05) is 41.1 Å². The van der Waals surface area contributed by atoms with Gasteiger partial charge in [-0.15, -0.1) is 0 Å². The summed E-state index contributed by atoms with van der Waals surface area (Å²) in [7, 11) is 1.76. The summed E-state index contributed by atoms with van der Waals surface area (Å²) in [6.45, 7) is 7.83. The number of nitrogens with one attached hydrogen (secondary N) is 1. The summed E-state index contributed by atoms with van der Waals surface area (Å²) in [4.78, 5) is 30.7. The molecule has 8 heteroatoms. The van der Waals surface area contributed by atoms with E-state index < -0.39 is 0 Å². The van der Waals surface area contributed by atoms with Gasteiger partial charge in [0.1, 0.15) is 18.1 Å². The number of hydrogen-bond donors (Lipinski definition) is 1. The average molecular weight is 509 g/mol. The molecule has 0 aliphatic heterocycles. The highest BCUT2D eigenvalue weighted by Gasteiger charge is 2.15. The number of carbonyl (C=O) groups excluding carboxylic acids is 1. The van der Waals surface area contributed by atoms with E-state index >= 15 is 0 Å². The number of benzene rings is 2. The van der Waals surface area contributed by atoms with Gasteiger partial charge < -0.3 is 19.1 Å². The number of pyridine rings is 2. The van der Waals surface area contributed by atoms with E-state index in [9.17, 15) is 9.59 Å². The molecule has 5 rings (SSSR count). The van der Waals surface area contributed by atoms with Crippen LogP contribution in [-0.2, 0) is 13.7 Å². The van der Waals surface area contributed by atoms with Gasteiger partial charge in [-0.3, -0.25) is 14.6 Å². The quantitative estimate of drug-likeness (QED) is 0.318. The van der Waals surface area contributed by atoms with E-state index in [0.29, 0.717) is 34.9 Å². The van der Waals surface area contributed by atoms with Crippen LogP contribution in [-0.4, -0.2) is 20.6 Å². The van der Waals surface area contributed by atoms with Gasteiger partial charge >= 0.3 is 0 Å². The first-order chi connectivity index (χ1) is 18.2. The van der Waals surface area contributed by atoms with Gasteiger partial charge in [-0.1, -0.05) is 17.3 Å². The minimum Gasteiger partial charge on any atom is -0.489 e. The van der Waals surface area contributed by atoms with Gasteiger partial charge in [-0.25, -0.2) is 0 Å². The van der Waals surface area contributed by atoms with E-state index in [2.05, 4.69) is 15.5 Å². The Bertz CT molecular complexity index is 1730. The van der Waals surface area contributed by atoms with E-state index in [1.54, 1.807) is 42.1 Å². The van der Waals surface area contributed by atoms with E-state index in [4.69, 9.17) is 9.26 Å². The van der Waals surface area contributed by atoms with Crippen molar-refractivity contribution in [2.45, 2.75) is 34.3 Å². The molecular weight excluding hydrogens is 480 g/mol. The molecule has 0 saturated carbocycles. The summed E-state index contributed by atoms with van der Waals surface area (Å²) in [5, 5.41) is 7.76. The topological polar surface area (TPSA) is 99.2 Å². The molecule has 0 aliphatic rings. The highest BCUT2D eigenvalue weighted by Crippen LogP contribution is 2.27. The number of carbonyl (C=O) groups is 1. The van der Waals surface area contributed by atoms with Crippen molar-refractivity contribution in [2.24, 2.45) is 7.05 Å². The molecule has 38 heavy (non-hydrogen) atoms. The lowest BCUT2D eigenvalue weighted by Gasteiger charge is -2.13. The number of amides is 1. The maximum Gasteiger partial charge on any atom is 0.258 e. The van der Waals surface area contributed by atoms with Crippen molar-refractivity contribution >= 4 is 22.5 Å². The van der Waals surface area contributed by atoms with Gasteiger partial charge in [0.15, 0.2) is 0 Å². The summed E-state index contributed by atoms with van der Waals surface area (Å²) in [5.74, 6) is 0.985. The highest BCUT2D eigenvalue weighted by atomic mass is 16.5. The van der Waals surface area contributed by atoms with Crippen LogP contribution in [0.1, 0.15) is 38.6 Å². The summed E-state index contributed by atoms with van der Waals surface area (Å²) in [5.41, 5.74) is 6.48. The molecule has 0 aliphatic carbocycles. The van der Waals surface area contributed by atoms with Gasteiger partial charge in [0.05, 0.1) is 16.8 Å². The van der Waals surface area contributed by atoms with Crippen molar-refractivity contribution in [1.82, 2.24) is 14.7 Å². The van der Waals surface area contributed by atoms with Crippen LogP contribution in [0.5, 0.6) is 5.75 Å². The Labute approximate surface area is 219 Å². The Kier molecular flexibility index (Phi) is 6.55. The fourth-order valence-electron chi connectivity index (χ4n) is 4.44. The Morgan fingerprint density at radius 2 is 1.84 bits per heavy atom. The number of anilines is 1. The van der Waals surface area contributed by atoms with Crippen LogP contribution < -0.4 is 15.6 Å². The minimum absolute atomic E-state index is 0.113. The molecule has 3 heterocycles. The molecule has 2 aromatic carbocycles. The molecule has 1 amide bonds. The highest BCUT2D eigenvalue weighted by molar-refractivity contribution is 6.04. The van der Waals surface area contributed by atoms with Crippen molar-refractivity contribution in [2.75, 3.05) is 5.32 Å². The number of hydrogen-bond acceptors (Lipinski definition) is 6. The fourth-order valence-corrected chi connectivity index (χ4v) is 4.44. The van der Waals surface area contributed by atoms with Crippen molar-refractivity contribution in [3.63, 3.8) is 0 Å². The van der Waals surface area contributed by atoms with Crippen LogP contribution in [0.2, 0.25) is 0 Å². The zero-order valence-electron chi connectivity index (χ0n) is 22.0. The zero-order valence-corrected chi connectivity index (χ0v) is 22.0. The first-order valence-corrected chi connectivity index (χ1v) is 12.2. The van der Waals surface area contributed by atoms with Crippen molar-refractivity contribution in [3.05, 3.63) is 105 Å². The molecule has 0 spiro atoms. The molecule has 5 aromatic rings. The maximum atomic E-state index is 13.3. The second-order valence-corrected chi connectivity index (χ2v) is 9.41. The van der Waals surface area contributed by atoms with Gasteiger partial charge in [0.25, 0.3) is 11.5 Å². The molecule has 0 atom stereocenters. The number of aryl methyl sites for hydroxylation is 5. The number of nitrogens with zero attached hydrogens (tertiary/aromatic N) is 3. The van der Waals surface area contributed by atoms with Crippen LogP contribution in [0.15, 0.2) is 70.1 Å². The minimum atomic E-state index is -0.284. The Hall–Kier alpha value is -4.72. The predicted octanol–water partition coefficient (Wildman–Crippen LogP) is 5.65. The van der Waals surface area contributed by atoms with Crippen LogP contribution in [0.3, 0.4) is 0 Å². The standard InChI is InChI=1S/C30H28N4O4/c1-17-9-10-23(14-25(17)26-13-22-15-31-18(2)11-28(22)34(5)30(26)36)32-29(35)21-7-6-8-24(12-21)37-16-27-19(3)33-38-20(27)4/h6-15H,16H2,1-5H3,(H,32,35). The van der Waals surface area contributed by atoms with Crippen LogP contribution in [0, 0.1) is 27.7 Å². The van der Waals surface area contributed by atoms with Crippen LogP contribution in [0.4, 0.5) is 5.69 Å². The molecule has 0 saturated heterocycles. The maximum absolute atomic E-state index is 13.3. The van der Waals surface area contributed by atoms with Gasteiger partial charge in [-0.05, 0) is 81.3 Å². The number of aromatic nitrogens is 3. The molecule has 192 valence electrons. The number of ether oxygens (including phenoxy) is 1. The van der Waals surface area contributed by atoms with Gasteiger partial charge in [-0.2, -0.15) is 0 Å². The Morgan fingerprint density at radius 1 is 1.03 bits per heavy atom. The van der Waals surface area contributed by atoms with E-state index in [1.165, 1.54) is 0 Å². The van der Waals surface area contributed by atoms with E-state index in [-0.39, 0.29) is 11.5 Å². The lowest BCUT2D eigenvalue weighted by molar-refractivity contribution is 0.102. The molecule has 1 N–H and O–H groups in total. The second-order valence-electron chi connectivity index (χ2n) is 9.41. The molecule has 0 bridgehead atoms. The number of fused-ring (bicyclic) bond motifs is 1. The molecule has 0 fully saturated rings. The van der Waals surface area contributed by atoms with Crippen molar-refractivity contribution in [1.29, 1.82) is 0 Å². The fraction of sp³-hybridized carbons (Fsp3) is 0.200. The third kappa shape index (κ3) is 4.80. The molecule has 0 unspecified atom stereocenters. The molecular formula is C30H28N4O4. The SMILES string of the molecule is Cc1cc2c(cn1)cc(-c1cc(NC(=O)c3cccc(OCc4c(C)noc4C)c3)ccc1C)c(=O)n2C. The summed E-state index contributed by atoms with van der Waals surface area (Å²) >= 11 is 0. The Morgan fingerprint density at radius 3 is 2.61 bits per heavy atom. The lowest BCUT2D eigenvalue weighted by atomic mass is 9.99. The third-order valence-electron chi connectivity index (χ3n) is 6.69. The molecule has 0 radical (unpaired) electrons. The lowest BCUT2D eigenvalue weighted by Crippen LogP contribution is -2.19. The average Bonchev–Trinajstić information content (AvgIpc) is 3.23.